The highest BCUT2D eigenvalue weighted by atomic mass is 32.2. The fourth-order valence-corrected chi connectivity index (χ4v) is 3.26. The van der Waals surface area contributed by atoms with Gasteiger partial charge in [-0.1, -0.05) is 12.1 Å². The molecule has 2 aromatic rings. The number of ketones is 1. The molecule has 0 aliphatic heterocycles. The van der Waals surface area contributed by atoms with Gasteiger partial charge in [-0.2, -0.15) is 13.2 Å². The zero-order valence-corrected chi connectivity index (χ0v) is 16.0. The van der Waals surface area contributed by atoms with E-state index in [9.17, 15) is 32.3 Å². The zero-order valence-electron chi connectivity index (χ0n) is 15.1. The number of hydrogen-bond donors (Lipinski definition) is 1. The summed E-state index contributed by atoms with van der Waals surface area (Å²) >= 11 is 1.31. The lowest BCUT2D eigenvalue weighted by Gasteiger charge is -2.19. The Morgan fingerprint density at radius 2 is 1.57 bits per heavy atom. The van der Waals surface area contributed by atoms with Crippen LogP contribution in [0.5, 0.6) is 0 Å². The van der Waals surface area contributed by atoms with Crippen molar-refractivity contribution >= 4 is 23.5 Å². The largest absolute Gasteiger partial charge is 0.481 e. The first-order chi connectivity index (χ1) is 12.9. The van der Waals surface area contributed by atoms with E-state index in [1.54, 1.807) is 38.1 Å². The summed E-state index contributed by atoms with van der Waals surface area (Å²) in [5.41, 5.74) is -1.90. The number of aliphatic carboxylic acids is 1. The van der Waals surface area contributed by atoms with Crippen molar-refractivity contribution in [3.05, 3.63) is 65.0 Å². The Morgan fingerprint density at radius 3 is 2.07 bits per heavy atom. The second-order valence-corrected chi connectivity index (χ2v) is 7.84. The topological polar surface area (TPSA) is 54.4 Å². The van der Waals surface area contributed by atoms with Crippen molar-refractivity contribution < 1.29 is 32.3 Å². The monoisotopic (exact) mass is 414 g/mol. The van der Waals surface area contributed by atoms with Crippen molar-refractivity contribution in [2.45, 2.75) is 36.8 Å². The summed E-state index contributed by atoms with van der Waals surface area (Å²) in [4.78, 5) is 24.1. The van der Waals surface area contributed by atoms with Crippen LogP contribution in [0.3, 0.4) is 0 Å². The average molecular weight is 414 g/mol. The minimum atomic E-state index is -4.67. The standard InChI is InChI=1S/C20H18F4O3S/c1-19(2,18(26)27)12-3-6-14(7-4-12)28-10-9-17(25)15-8-5-13(11-16(15)21)20(22,23)24/h3-8,11H,9-10H2,1-2H3,(H,26,27). The minimum Gasteiger partial charge on any atom is -0.481 e. The number of carboxylic acids is 1. The normalized spacial score (nSPS) is 12.1. The molecule has 0 heterocycles. The molecular weight excluding hydrogens is 396 g/mol. The van der Waals surface area contributed by atoms with Gasteiger partial charge in [-0.3, -0.25) is 9.59 Å². The number of carbonyl (C=O) groups excluding carboxylic acids is 1. The molecule has 2 rings (SSSR count). The second-order valence-electron chi connectivity index (χ2n) is 6.67. The van der Waals surface area contributed by atoms with Crippen LogP contribution in [-0.4, -0.2) is 22.6 Å². The lowest BCUT2D eigenvalue weighted by Crippen LogP contribution is -2.28. The summed E-state index contributed by atoms with van der Waals surface area (Å²) in [5, 5.41) is 9.22. The third-order valence-corrected chi connectivity index (χ3v) is 5.32. The van der Waals surface area contributed by atoms with E-state index in [1.165, 1.54) is 11.8 Å². The minimum absolute atomic E-state index is 0.0463. The molecule has 0 saturated carbocycles. The lowest BCUT2D eigenvalue weighted by molar-refractivity contribution is -0.142. The molecular formula is C20H18F4O3S. The molecule has 0 saturated heterocycles. The van der Waals surface area contributed by atoms with Crippen LogP contribution in [0.1, 0.15) is 41.8 Å². The van der Waals surface area contributed by atoms with Crippen LogP contribution < -0.4 is 0 Å². The van der Waals surface area contributed by atoms with E-state index < -0.39 is 34.7 Å². The molecule has 2 aromatic carbocycles. The number of halogens is 4. The van der Waals surface area contributed by atoms with Gasteiger partial charge in [0.05, 0.1) is 16.5 Å². The number of benzene rings is 2. The Bertz CT molecular complexity index is 874. The number of rotatable bonds is 7. The average Bonchev–Trinajstić information content (AvgIpc) is 2.61. The third-order valence-electron chi connectivity index (χ3n) is 4.31. The summed E-state index contributed by atoms with van der Waals surface area (Å²) in [5.74, 6) is -2.41. The molecule has 0 atom stereocenters. The summed E-state index contributed by atoms with van der Waals surface area (Å²) in [6.45, 7) is 3.18. The maximum Gasteiger partial charge on any atom is 0.416 e. The van der Waals surface area contributed by atoms with E-state index in [0.717, 1.165) is 11.0 Å². The quantitative estimate of drug-likeness (QED) is 0.366. The third kappa shape index (κ3) is 5.13. The fourth-order valence-electron chi connectivity index (χ4n) is 2.41. The lowest BCUT2D eigenvalue weighted by atomic mass is 9.85. The Kier molecular flexibility index (Phi) is 6.54. The van der Waals surface area contributed by atoms with Crippen LogP contribution in [0.4, 0.5) is 17.6 Å². The molecule has 3 nitrogen and oxygen atoms in total. The smallest absolute Gasteiger partial charge is 0.416 e. The van der Waals surface area contributed by atoms with Crippen molar-refractivity contribution in [3.8, 4) is 0 Å². The van der Waals surface area contributed by atoms with Crippen molar-refractivity contribution in [1.29, 1.82) is 0 Å². The molecule has 0 aromatic heterocycles. The van der Waals surface area contributed by atoms with Gasteiger partial charge in [0.2, 0.25) is 0 Å². The Balaban J connectivity index is 1.96. The predicted octanol–water partition coefficient (Wildman–Crippen LogP) is 5.57. The number of carboxylic acid groups (broad SMARTS) is 1. The molecule has 28 heavy (non-hydrogen) atoms. The van der Waals surface area contributed by atoms with Gasteiger partial charge in [0.15, 0.2) is 5.78 Å². The maximum atomic E-state index is 13.8. The molecule has 1 N–H and O–H groups in total. The molecule has 150 valence electrons. The highest BCUT2D eigenvalue weighted by Gasteiger charge is 2.31. The predicted molar refractivity (Wildman–Crippen MR) is 98.2 cm³/mol. The fraction of sp³-hybridized carbons (Fsp3) is 0.300. The van der Waals surface area contributed by atoms with Crippen molar-refractivity contribution in [1.82, 2.24) is 0 Å². The van der Waals surface area contributed by atoms with Gasteiger partial charge < -0.3 is 5.11 Å². The molecule has 0 fully saturated rings. The van der Waals surface area contributed by atoms with Gasteiger partial charge in [-0.15, -0.1) is 11.8 Å². The summed E-state index contributed by atoms with van der Waals surface area (Å²) in [7, 11) is 0. The first kappa shape index (κ1) is 21.9. The van der Waals surface area contributed by atoms with Crippen molar-refractivity contribution in [2.24, 2.45) is 0 Å². The molecule has 0 amide bonds. The SMILES string of the molecule is CC(C)(C(=O)O)c1ccc(SCCC(=O)c2ccc(C(F)(F)F)cc2F)cc1. The van der Waals surface area contributed by atoms with E-state index in [-0.39, 0.29) is 12.0 Å². The first-order valence-electron chi connectivity index (χ1n) is 8.29. The Hall–Kier alpha value is -2.35. The molecule has 0 unspecified atom stereocenters. The molecule has 8 heteroatoms. The molecule has 0 bridgehead atoms. The Morgan fingerprint density at radius 1 is 1.00 bits per heavy atom. The van der Waals surface area contributed by atoms with E-state index >= 15 is 0 Å². The van der Waals surface area contributed by atoms with E-state index in [4.69, 9.17) is 0 Å². The van der Waals surface area contributed by atoms with Crippen LogP contribution in [0.2, 0.25) is 0 Å². The highest BCUT2D eigenvalue weighted by Crippen LogP contribution is 2.31. The van der Waals surface area contributed by atoms with Crippen molar-refractivity contribution in [2.75, 3.05) is 5.75 Å². The summed E-state index contributed by atoms with van der Waals surface area (Å²) < 4.78 is 51.5. The van der Waals surface area contributed by atoms with Crippen LogP contribution in [0.25, 0.3) is 0 Å². The number of alkyl halides is 3. The first-order valence-corrected chi connectivity index (χ1v) is 9.28. The number of Topliss-reactive ketones (excluding diaryl/α,β-unsaturated/α-hetero) is 1. The van der Waals surface area contributed by atoms with Gasteiger partial charge in [0.1, 0.15) is 5.82 Å². The summed E-state index contributed by atoms with van der Waals surface area (Å²) in [6.07, 6.45) is -4.71. The van der Waals surface area contributed by atoms with Crippen LogP contribution in [-0.2, 0) is 16.4 Å². The van der Waals surface area contributed by atoms with Gasteiger partial charge in [0.25, 0.3) is 0 Å². The number of hydrogen-bond acceptors (Lipinski definition) is 3. The van der Waals surface area contributed by atoms with E-state index in [2.05, 4.69) is 0 Å². The molecule has 0 radical (unpaired) electrons. The van der Waals surface area contributed by atoms with E-state index in [0.29, 0.717) is 23.4 Å². The zero-order chi connectivity index (χ0) is 21.1. The van der Waals surface area contributed by atoms with Crippen molar-refractivity contribution in [3.63, 3.8) is 0 Å². The van der Waals surface area contributed by atoms with Gasteiger partial charge >= 0.3 is 12.1 Å². The number of carbonyl (C=O) groups is 2. The van der Waals surface area contributed by atoms with Gasteiger partial charge in [-0.25, -0.2) is 4.39 Å². The maximum absolute atomic E-state index is 13.8. The molecule has 0 aliphatic rings. The molecule has 0 spiro atoms. The van der Waals surface area contributed by atoms with Crippen LogP contribution in [0, 0.1) is 5.82 Å². The summed E-state index contributed by atoms with van der Waals surface area (Å²) in [6, 6.07) is 8.70. The highest BCUT2D eigenvalue weighted by molar-refractivity contribution is 7.99. The van der Waals surface area contributed by atoms with Crippen LogP contribution in [0.15, 0.2) is 47.4 Å². The Labute approximate surface area is 163 Å². The van der Waals surface area contributed by atoms with Crippen LogP contribution >= 0.6 is 11.8 Å². The van der Waals surface area contributed by atoms with Gasteiger partial charge in [0, 0.05) is 17.1 Å². The molecule has 0 aliphatic carbocycles. The second kappa shape index (κ2) is 8.34. The van der Waals surface area contributed by atoms with E-state index in [1.807, 2.05) is 0 Å². The number of thioether (sulfide) groups is 1. The van der Waals surface area contributed by atoms with Gasteiger partial charge in [-0.05, 0) is 49.7 Å².